The zero-order chi connectivity index (χ0) is 17.7. The molecule has 0 saturated heterocycles. The van der Waals surface area contributed by atoms with Gasteiger partial charge in [-0.1, -0.05) is 27.5 Å². The van der Waals surface area contributed by atoms with E-state index in [0.717, 1.165) is 36.5 Å². The molecule has 0 aromatic heterocycles. The van der Waals surface area contributed by atoms with Crippen LogP contribution in [0, 0.1) is 13.8 Å². The average molecular weight is 476 g/mol. The molecule has 24 heavy (non-hydrogen) atoms. The van der Waals surface area contributed by atoms with E-state index in [1.54, 1.807) is 0 Å². The van der Waals surface area contributed by atoms with Crippen LogP contribution in [0.15, 0.2) is 39.3 Å². The molecule has 6 heteroatoms. The molecule has 128 valence electrons. The lowest BCUT2D eigenvalue weighted by molar-refractivity contribution is -0.116. The quantitative estimate of drug-likeness (QED) is 0.500. The number of carbonyl (C=O) groups excluding carboxylic acids is 1. The Hall–Kier alpha value is -1.04. The van der Waals surface area contributed by atoms with Crippen LogP contribution in [0.4, 0.5) is 5.69 Å². The van der Waals surface area contributed by atoms with Crippen LogP contribution in [0.5, 0.6) is 5.75 Å². The van der Waals surface area contributed by atoms with Crippen LogP contribution >= 0.6 is 43.5 Å². The van der Waals surface area contributed by atoms with Crippen LogP contribution in [0.2, 0.25) is 5.02 Å². The van der Waals surface area contributed by atoms with E-state index in [4.69, 9.17) is 16.3 Å². The Bertz CT molecular complexity index is 733. The number of hydrogen-bond acceptors (Lipinski definition) is 2. The largest absolute Gasteiger partial charge is 0.492 e. The number of amides is 1. The van der Waals surface area contributed by atoms with Crippen molar-refractivity contribution >= 4 is 55.1 Å². The highest BCUT2D eigenvalue weighted by molar-refractivity contribution is 9.10. The molecule has 0 aliphatic carbocycles. The Morgan fingerprint density at radius 1 is 1.21 bits per heavy atom. The number of aryl methyl sites for hydroxylation is 1. The van der Waals surface area contributed by atoms with Crippen LogP contribution in [0.3, 0.4) is 0 Å². The second-order valence-corrected chi connectivity index (χ2v) is 7.54. The van der Waals surface area contributed by atoms with Gasteiger partial charge in [0.2, 0.25) is 5.91 Å². The predicted octanol–water partition coefficient (Wildman–Crippen LogP) is 6.28. The molecule has 0 aliphatic heterocycles. The normalized spacial score (nSPS) is 10.5. The molecule has 0 spiro atoms. The van der Waals surface area contributed by atoms with Crippen molar-refractivity contribution in [1.29, 1.82) is 0 Å². The smallest absolute Gasteiger partial charge is 0.224 e. The van der Waals surface area contributed by atoms with Gasteiger partial charge in [0, 0.05) is 21.6 Å². The lowest BCUT2D eigenvalue weighted by atomic mass is 10.1. The van der Waals surface area contributed by atoms with Crippen LogP contribution in [0.25, 0.3) is 0 Å². The van der Waals surface area contributed by atoms with E-state index in [0.29, 0.717) is 19.4 Å². The summed E-state index contributed by atoms with van der Waals surface area (Å²) in [6.45, 7) is 4.35. The predicted molar refractivity (Wildman–Crippen MR) is 106 cm³/mol. The molecule has 1 amide bonds. The third-order valence-electron chi connectivity index (χ3n) is 3.50. The topological polar surface area (TPSA) is 38.3 Å². The molecular weight excluding hydrogens is 457 g/mol. The first-order valence-corrected chi connectivity index (χ1v) is 9.48. The SMILES string of the molecule is Cc1cc(OCCCC(=O)Nc2ccc(Br)cc2)c(Br)c(C)c1Cl. The van der Waals surface area contributed by atoms with Gasteiger partial charge in [-0.3, -0.25) is 4.79 Å². The number of carbonyl (C=O) groups is 1. The minimum atomic E-state index is -0.0246. The molecule has 0 aliphatic rings. The molecule has 1 N–H and O–H groups in total. The standard InChI is InChI=1S/C18H18Br2ClNO2/c1-11-10-15(17(20)12(2)18(11)21)24-9-3-4-16(23)22-14-7-5-13(19)6-8-14/h5-8,10H,3-4,9H2,1-2H3,(H,22,23). The summed E-state index contributed by atoms with van der Waals surface area (Å²) in [6, 6.07) is 9.40. The van der Waals surface area contributed by atoms with Crippen LogP contribution in [-0.2, 0) is 4.79 Å². The van der Waals surface area contributed by atoms with Crippen molar-refractivity contribution in [3.8, 4) is 5.75 Å². The summed E-state index contributed by atoms with van der Waals surface area (Å²) in [7, 11) is 0. The Kier molecular flexibility index (Phi) is 7.14. The van der Waals surface area contributed by atoms with Gasteiger partial charge >= 0.3 is 0 Å². The van der Waals surface area contributed by atoms with Gasteiger partial charge in [-0.15, -0.1) is 0 Å². The molecule has 2 aromatic carbocycles. The van der Waals surface area contributed by atoms with Crippen LogP contribution < -0.4 is 10.1 Å². The van der Waals surface area contributed by atoms with E-state index in [-0.39, 0.29) is 5.91 Å². The van der Waals surface area contributed by atoms with Crippen molar-refractivity contribution in [1.82, 2.24) is 0 Å². The summed E-state index contributed by atoms with van der Waals surface area (Å²) in [5.74, 6) is 0.728. The molecule has 0 atom stereocenters. The highest BCUT2D eigenvalue weighted by Gasteiger charge is 2.11. The monoisotopic (exact) mass is 473 g/mol. The Balaban J connectivity index is 1.81. The molecule has 2 aromatic rings. The maximum Gasteiger partial charge on any atom is 0.224 e. The number of anilines is 1. The minimum Gasteiger partial charge on any atom is -0.492 e. The summed E-state index contributed by atoms with van der Waals surface area (Å²) in [4.78, 5) is 11.9. The van der Waals surface area contributed by atoms with Gasteiger partial charge in [0.05, 0.1) is 11.1 Å². The summed E-state index contributed by atoms with van der Waals surface area (Å²) >= 11 is 13.1. The third-order valence-corrected chi connectivity index (χ3v) is 5.60. The number of ether oxygens (including phenoxy) is 1. The van der Waals surface area contributed by atoms with Gasteiger partial charge in [0.25, 0.3) is 0 Å². The highest BCUT2D eigenvalue weighted by atomic mass is 79.9. The maximum absolute atomic E-state index is 11.9. The van der Waals surface area contributed by atoms with Gasteiger partial charge in [-0.05, 0) is 77.7 Å². The molecule has 0 saturated carbocycles. The van der Waals surface area contributed by atoms with Crippen molar-refractivity contribution in [2.24, 2.45) is 0 Å². The van der Waals surface area contributed by atoms with Crippen LogP contribution in [0.1, 0.15) is 24.0 Å². The number of benzene rings is 2. The molecular formula is C18H18Br2ClNO2. The van der Waals surface area contributed by atoms with Gasteiger partial charge < -0.3 is 10.1 Å². The van der Waals surface area contributed by atoms with Gasteiger partial charge in [-0.2, -0.15) is 0 Å². The summed E-state index contributed by atoms with van der Waals surface area (Å²) in [5.41, 5.74) is 2.72. The molecule has 2 rings (SSSR count). The maximum atomic E-state index is 11.9. The van der Waals surface area contributed by atoms with Crippen molar-refractivity contribution in [2.45, 2.75) is 26.7 Å². The van der Waals surface area contributed by atoms with E-state index in [1.807, 2.05) is 44.2 Å². The minimum absolute atomic E-state index is 0.0246. The second-order valence-electron chi connectivity index (χ2n) is 5.45. The molecule has 0 unspecified atom stereocenters. The van der Waals surface area contributed by atoms with E-state index < -0.39 is 0 Å². The van der Waals surface area contributed by atoms with Crippen molar-refractivity contribution < 1.29 is 9.53 Å². The lowest BCUT2D eigenvalue weighted by Crippen LogP contribution is -2.12. The Morgan fingerprint density at radius 2 is 1.88 bits per heavy atom. The van der Waals surface area contributed by atoms with Gasteiger partial charge in [-0.25, -0.2) is 0 Å². The van der Waals surface area contributed by atoms with Crippen LogP contribution in [-0.4, -0.2) is 12.5 Å². The van der Waals surface area contributed by atoms with E-state index in [1.165, 1.54) is 0 Å². The fourth-order valence-electron chi connectivity index (χ4n) is 2.18. The fraction of sp³-hybridized carbons (Fsp3) is 0.278. The molecule has 0 bridgehead atoms. The summed E-state index contributed by atoms with van der Waals surface area (Å²) < 4.78 is 7.62. The lowest BCUT2D eigenvalue weighted by Gasteiger charge is -2.13. The van der Waals surface area contributed by atoms with Crippen molar-refractivity contribution in [3.63, 3.8) is 0 Å². The zero-order valence-corrected chi connectivity index (χ0v) is 17.4. The summed E-state index contributed by atoms with van der Waals surface area (Å²) in [5, 5.41) is 3.60. The Labute approximate surface area is 164 Å². The molecule has 0 radical (unpaired) electrons. The number of rotatable bonds is 6. The zero-order valence-electron chi connectivity index (χ0n) is 13.5. The first kappa shape index (κ1) is 19.3. The Morgan fingerprint density at radius 3 is 2.54 bits per heavy atom. The van der Waals surface area contributed by atoms with Crippen molar-refractivity contribution in [3.05, 3.63) is 55.4 Å². The average Bonchev–Trinajstić information content (AvgIpc) is 2.56. The third kappa shape index (κ3) is 5.23. The van der Waals surface area contributed by atoms with E-state index >= 15 is 0 Å². The van der Waals surface area contributed by atoms with E-state index in [9.17, 15) is 4.79 Å². The molecule has 3 nitrogen and oxygen atoms in total. The first-order chi connectivity index (χ1) is 11.4. The molecule has 0 fully saturated rings. The van der Waals surface area contributed by atoms with Crippen molar-refractivity contribution in [2.75, 3.05) is 11.9 Å². The first-order valence-electron chi connectivity index (χ1n) is 7.52. The second kappa shape index (κ2) is 8.88. The fourth-order valence-corrected chi connectivity index (χ4v) is 3.13. The summed E-state index contributed by atoms with van der Waals surface area (Å²) in [6.07, 6.45) is 1.04. The highest BCUT2D eigenvalue weighted by Crippen LogP contribution is 2.35. The molecule has 0 heterocycles. The van der Waals surface area contributed by atoms with Gasteiger partial charge in [0.15, 0.2) is 0 Å². The number of halogens is 3. The van der Waals surface area contributed by atoms with Gasteiger partial charge in [0.1, 0.15) is 5.75 Å². The number of nitrogens with one attached hydrogen (secondary N) is 1. The van der Waals surface area contributed by atoms with E-state index in [2.05, 4.69) is 37.2 Å². The number of hydrogen-bond donors (Lipinski definition) is 1.